The molecule has 0 aromatic carbocycles. The Morgan fingerprint density at radius 3 is 2.61 bits per heavy atom. The van der Waals surface area contributed by atoms with E-state index in [0.717, 1.165) is 0 Å². The van der Waals surface area contributed by atoms with Gasteiger partial charge in [-0.05, 0) is 39.7 Å². The van der Waals surface area contributed by atoms with Crippen molar-refractivity contribution < 1.29 is 27.5 Å². The second-order valence-electron chi connectivity index (χ2n) is 6.91. The lowest BCUT2D eigenvalue weighted by atomic mass is 10.1. The van der Waals surface area contributed by atoms with Crippen molar-refractivity contribution in [2.24, 2.45) is 5.92 Å². The third-order valence-corrected chi connectivity index (χ3v) is 4.58. The van der Waals surface area contributed by atoms with Gasteiger partial charge < -0.3 is 15.4 Å². The Balaban J connectivity index is 1.95. The SMILES string of the molecule is CC(C)C(=O)NCCc1ncccc1C(=O)NCc1cnc(OCC(F)(F)F)c(Br)c1. The second-order valence-corrected chi connectivity index (χ2v) is 7.76. The average Bonchev–Trinajstić information content (AvgIpc) is 2.70. The van der Waals surface area contributed by atoms with E-state index >= 15 is 0 Å². The first-order chi connectivity index (χ1) is 14.6. The summed E-state index contributed by atoms with van der Waals surface area (Å²) < 4.78 is 41.7. The molecule has 11 heteroatoms. The Hall–Kier alpha value is -2.69. The number of halogens is 4. The van der Waals surface area contributed by atoms with E-state index in [2.05, 4.69) is 41.3 Å². The highest BCUT2D eigenvalue weighted by molar-refractivity contribution is 9.10. The van der Waals surface area contributed by atoms with Crippen LogP contribution in [0.4, 0.5) is 13.2 Å². The quantitative estimate of drug-likeness (QED) is 0.547. The van der Waals surface area contributed by atoms with Crippen LogP contribution in [0, 0.1) is 5.92 Å². The summed E-state index contributed by atoms with van der Waals surface area (Å²) in [6.07, 6.45) is -1.19. The topological polar surface area (TPSA) is 93.2 Å². The van der Waals surface area contributed by atoms with Gasteiger partial charge in [0.2, 0.25) is 11.8 Å². The predicted octanol–water partition coefficient (Wildman–Crippen LogP) is 3.42. The summed E-state index contributed by atoms with van der Waals surface area (Å²) in [5.74, 6) is -0.774. The lowest BCUT2D eigenvalue weighted by Gasteiger charge is -2.12. The lowest BCUT2D eigenvalue weighted by Crippen LogP contribution is -2.30. The van der Waals surface area contributed by atoms with Crippen LogP contribution in [0.25, 0.3) is 0 Å². The normalized spacial score (nSPS) is 11.3. The van der Waals surface area contributed by atoms with Gasteiger partial charge in [-0.1, -0.05) is 13.8 Å². The third-order valence-electron chi connectivity index (χ3n) is 4.01. The lowest BCUT2D eigenvalue weighted by molar-refractivity contribution is -0.154. The molecule has 2 aromatic heterocycles. The minimum absolute atomic E-state index is 0.0809. The number of alkyl halides is 3. The van der Waals surface area contributed by atoms with Crippen molar-refractivity contribution in [1.82, 2.24) is 20.6 Å². The monoisotopic (exact) mass is 502 g/mol. The smallest absolute Gasteiger partial charge is 0.422 e. The maximum atomic E-state index is 12.6. The fourth-order valence-electron chi connectivity index (χ4n) is 2.45. The highest BCUT2D eigenvalue weighted by atomic mass is 79.9. The predicted molar refractivity (Wildman–Crippen MR) is 110 cm³/mol. The van der Waals surface area contributed by atoms with Crippen LogP contribution in [-0.2, 0) is 17.8 Å². The van der Waals surface area contributed by atoms with E-state index in [4.69, 9.17) is 0 Å². The van der Waals surface area contributed by atoms with Gasteiger partial charge in [-0.15, -0.1) is 0 Å². The second kappa shape index (κ2) is 11.1. The van der Waals surface area contributed by atoms with Crippen molar-refractivity contribution in [1.29, 1.82) is 0 Å². The molecule has 0 fully saturated rings. The van der Waals surface area contributed by atoms with Crippen LogP contribution < -0.4 is 15.4 Å². The Kier molecular flexibility index (Phi) is 8.78. The van der Waals surface area contributed by atoms with E-state index in [1.165, 1.54) is 12.3 Å². The Bertz CT molecular complexity index is 923. The van der Waals surface area contributed by atoms with Crippen LogP contribution in [0.15, 0.2) is 35.1 Å². The summed E-state index contributed by atoms with van der Waals surface area (Å²) in [6, 6.07) is 4.78. The van der Waals surface area contributed by atoms with Gasteiger partial charge in [0, 0.05) is 37.8 Å². The highest BCUT2D eigenvalue weighted by Crippen LogP contribution is 2.25. The van der Waals surface area contributed by atoms with Gasteiger partial charge in [-0.25, -0.2) is 4.98 Å². The zero-order valence-corrected chi connectivity index (χ0v) is 18.5. The number of carbonyl (C=O) groups is 2. The molecule has 2 heterocycles. The molecule has 2 N–H and O–H groups in total. The molecule has 2 amide bonds. The number of pyridine rings is 2. The summed E-state index contributed by atoms with van der Waals surface area (Å²) in [6.45, 7) is 2.58. The summed E-state index contributed by atoms with van der Waals surface area (Å²) >= 11 is 3.12. The van der Waals surface area contributed by atoms with Crippen molar-refractivity contribution in [3.05, 3.63) is 51.9 Å². The minimum atomic E-state index is -4.47. The van der Waals surface area contributed by atoms with Crippen LogP contribution >= 0.6 is 15.9 Å². The molecule has 168 valence electrons. The molecular formula is C20H22BrF3N4O3. The van der Waals surface area contributed by atoms with Crippen LogP contribution in [0.2, 0.25) is 0 Å². The molecular weight excluding hydrogens is 481 g/mol. The summed E-state index contributed by atoms with van der Waals surface area (Å²) in [4.78, 5) is 32.3. The van der Waals surface area contributed by atoms with Gasteiger partial charge >= 0.3 is 6.18 Å². The number of hydrogen-bond donors (Lipinski definition) is 2. The first kappa shape index (κ1) is 24.6. The Morgan fingerprint density at radius 1 is 1.23 bits per heavy atom. The average molecular weight is 503 g/mol. The van der Waals surface area contributed by atoms with Crippen molar-refractivity contribution in [3.8, 4) is 5.88 Å². The van der Waals surface area contributed by atoms with E-state index < -0.39 is 12.8 Å². The minimum Gasteiger partial charge on any atom is -0.467 e. The molecule has 0 saturated carbocycles. The largest absolute Gasteiger partial charge is 0.467 e. The maximum absolute atomic E-state index is 12.6. The van der Waals surface area contributed by atoms with Crippen LogP contribution in [0.5, 0.6) is 5.88 Å². The standard InChI is InChI=1S/C20H22BrF3N4O3/c1-12(2)17(29)26-7-5-16-14(4-3-6-25-16)18(30)27-9-13-8-15(21)19(28-10-13)31-11-20(22,23)24/h3-4,6,8,10,12H,5,7,9,11H2,1-2H3,(H,26,29)(H,27,30). The molecule has 0 atom stereocenters. The van der Waals surface area contributed by atoms with E-state index in [1.54, 1.807) is 32.2 Å². The van der Waals surface area contributed by atoms with Crippen LogP contribution in [-0.4, -0.2) is 41.1 Å². The molecule has 0 aliphatic heterocycles. The van der Waals surface area contributed by atoms with Crippen LogP contribution in [0.3, 0.4) is 0 Å². The van der Waals surface area contributed by atoms with Crippen molar-refractivity contribution in [2.45, 2.75) is 33.0 Å². The number of carbonyl (C=O) groups excluding carboxylic acids is 2. The molecule has 0 radical (unpaired) electrons. The van der Waals surface area contributed by atoms with E-state index in [0.29, 0.717) is 29.8 Å². The van der Waals surface area contributed by atoms with E-state index in [-0.39, 0.29) is 34.6 Å². The molecule has 0 aliphatic carbocycles. The number of nitrogens with one attached hydrogen (secondary N) is 2. The Labute approximate surface area is 185 Å². The molecule has 31 heavy (non-hydrogen) atoms. The number of ether oxygens (including phenoxy) is 1. The molecule has 0 unspecified atom stereocenters. The molecule has 7 nitrogen and oxygen atoms in total. The van der Waals surface area contributed by atoms with Gasteiger partial charge in [0.25, 0.3) is 5.91 Å². The summed E-state index contributed by atoms with van der Waals surface area (Å²) in [5, 5.41) is 5.51. The summed E-state index contributed by atoms with van der Waals surface area (Å²) in [5.41, 5.74) is 1.48. The summed E-state index contributed by atoms with van der Waals surface area (Å²) in [7, 11) is 0. The molecule has 2 rings (SSSR count). The first-order valence-corrected chi connectivity index (χ1v) is 10.2. The van der Waals surface area contributed by atoms with E-state index in [1.807, 2.05) is 0 Å². The molecule has 0 bridgehead atoms. The fraction of sp³-hybridized carbons (Fsp3) is 0.400. The van der Waals surface area contributed by atoms with Crippen LogP contribution in [0.1, 0.15) is 35.5 Å². The highest BCUT2D eigenvalue weighted by Gasteiger charge is 2.29. The van der Waals surface area contributed by atoms with Gasteiger partial charge in [-0.2, -0.15) is 13.2 Å². The number of aromatic nitrogens is 2. The molecule has 0 spiro atoms. The fourth-order valence-corrected chi connectivity index (χ4v) is 2.96. The van der Waals surface area contributed by atoms with Crippen molar-refractivity contribution in [2.75, 3.05) is 13.2 Å². The van der Waals surface area contributed by atoms with E-state index in [9.17, 15) is 22.8 Å². The van der Waals surface area contributed by atoms with Gasteiger partial charge in [0.1, 0.15) is 0 Å². The molecule has 0 saturated heterocycles. The first-order valence-electron chi connectivity index (χ1n) is 9.40. The zero-order chi connectivity index (χ0) is 23.0. The number of nitrogens with zero attached hydrogens (tertiary/aromatic N) is 2. The maximum Gasteiger partial charge on any atom is 0.422 e. The number of hydrogen-bond acceptors (Lipinski definition) is 5. The van der Waals surface area contributed by atoms with Gasteiger partial charge in [0.15, 0.2) is 6.61 Å². The van der Waals surface area contributed by atoms with Gasteiger partial charge in [-0.3, -0.25) is 14.6 Å². The number of rotatable bonds is 9. The van der Waals surface area contributed by atoms with Gasteiger partial charge in [0.05, 0.1) is 15.7 Å². The zero-order valence-electron chi connectivity index (χ0n) is 16.9. The molecule has 2 aromatic rings. The molecule has 0 aliphatic rings. The third kappa shape index (κ3) is 8.16. The number of amides is 2. The Morgan fingerprint density at radius 2 is 1.97 bits per heavy atom. The van der Waals surface area contributed by atoms with Crippen molar-refractivity contribution in [3.63, 3.8) is 0 Å². The van der Waals surface area contributed by atoms with Crippen molar-refractivity contribution >= 4 is 27.7 Å².